The predicted molar refractivity (Wildman–Crippen MR) is 63.1 cm³/mol. The number of carbonyl (C=O) groups excluding carboxylic acids is 2. The molecule has 0 bridgehead atoms. The zero-order chi connectivity index (χ0) is 13.6. The number of halogens is 1. The highest BCUT2D eigenvalue weighted by Gasteiger charge is 2.05. The molecule has 0 aliphatic heterocycles. The number of rotatable bonds is 4. The molecule has 17 heavy (non-hydrogen) atoms. The first-order valence-electron chi connectivity index (χ1n) is 4.84. The van der Waals surface area contributed by atoms with Crippen LogP contribution in [0.1, 0.15) is 0 Å². The summed E-state index contributed by atoms with van der Waals surface area (Å²) in [5, 5.41) is 19.8. The van der Waals surface area contributed by atoms with Gasteiger partial charge in [0.25, 0.3) is 0 Å². The summed E-state index contributed by atoms with van der Waals surface area (Å²) >= 11 is 0. The lowest BCUT2D eigenvalue weighted by molar-refractivity contribution is -0.864. The number of quaternary nitrogens is 2. The molecule has 0 fully saturated rings. The van der Waals surface area contributed by atoms with E-state index in [-0.39, 0.29) is 25.5 Å². The lowest BCUT2D eigenvalue weighted by Crippen LogP contribution is -2.45. The van der Waals surface area contributed by atoms with Gasteiger partial charge in [0.2, 0.25) is 0 Å². The summed E-state index contributed by atoms with van der Waals surface area (Å²) in [6, 6.07) is 0. The molecular formula is C10H23ClN2O4. The number of likely N-dealkylation sites (N-methyl/N-ethyl adjacent to an activating group) is 2. The van der Waals surface area contributed by atoms with Crippen molar-refractivity contribution in [3.05, 3.63) is 0 Å². The molecular weight excluding hydrogens is 248 g/mol. The van der Waals surface area contributed by atoms with Gasteiger partial charge < -0.3 is 28.8 Å². The van der Waals surface area contributed by atoms with Crippen LogP contribution in [0.4, 0.5) is 0 Å². The number of carboxylic acids is 2. The van der Waals surface area contributed by atoms with Crippen LogP contribution in [-0.2, 0) is 9.59 Å². The molecule has 0 aromatic heterocycles. The smallest absolute Gasteiger partial charge is 0.118 e. The Labute approximate surface area is 109 Å². The van der Waals surface area contributed by atoms with Gasteiger partial charge in [-0.3, -0.25) is 0 Å². The number of nitrogens with zero attached hydrogens (tertiary/aromatic N) is 2. The van der Waals surface area contributed by atoms with Gasteiger partial charge in [0.05, 0.1) is 54.2 Å². The maximum absolute atomic E-state index is 9.89. The van der Waals surface area contributed by atoms with Crippen LogP contribution in [0.25, 0.3) is 0 Å². The number of carbonyl (C=O) groups is 2. The Hall–Kier alpha value is -0.850. The quantitative estimate of drug-likeness (QED) is 0.521. The molecule has 0 aliphatic carbocycles. The fourth-order valence-electron chi connectivity index (χ4n) is 0.775. The van der Waals surface area contributed by atoms with Crippen molar-refractivity contribution >= 4 is 24.3 Å². The van der Waals surface area contributed by atoms with E-state index in [1.54, 1.807) is 42.3 Å². The van der Waals surface area contributed by atoms with Gasteiger partial charge in [0, 0.05) is 0 Å². The van der Waals surface area contributed by atoms with Gasteiger partial charge in [0.15, 0.2) is 0 Å². The summed E-state index contributed by atoms with van der Waals surface area (Å²) in [6.07, 6.45) is 0. The molecule has 0 spiro atoms. The summed E-state index contributed by atoms with van der Waals surface area (Å²) in [4.78, 5) is 19.8. The number of hydrogen-bond donors (Lipinski definition) is 0. The van der Waals surface area contributed by atoms with Crippen molar-refractivity contribution in [1.82, 2.24) is 0 Å². The van der Waals surface area contributed by atoms with Gasteiger partial charge in [-0.1, -0.05) is 0 Å². The van der Waals surface area contributed by atoms with Crippen LogP contribution < -0.4 is 10.2 Å². The average Bonchev–Trinajstić information content (AvgIpc) is 1.72. The van der Waals surface area contributed by atoms with E-state index in [0.29, 0.717) is 8.97 Å². The van der Waals surface area contributed by atoms with E-state index in [1.807, 2.05) is 0 Å². The van der Waals surface area contributed by atoms with E-state index in [4.69, 9.17) is 0 Å². The summed E-state index contributed by atoms with van der Waals surface area (Å²) in [5.74, 6) is -2.00. The van der Waals surface area contributed by atoms with Crippen molar-refractivity contribution in [3.8, 4) is 0 Å². The van der Waals surface area contributed by atoms with Gasteiger partial charge in [-0.25, -0.2) is 0 Å². The zero-order valence-corrected chi connectivity index (χ0v) is 12.2. The van der Waals surface area contributed by atoms with Gasteiger partial charge in [-0.2, -0.15) is 0 Å². The van der Waals surface area contributed by atoms with Crippen molar-refractivity contribution in [3.63, 3.8) is 0 Å². The van der Waals surface area contributed by atoms with Crippen LogP contribution in [0.2, 0.25) is 0 Å². The molecule has 0 saturated heterocycles. The van der Waals surface area contributed by atoms with Crippen molar-refractivity contribution in [2.45, 2.75) is 0 Å². The molecule has 0 unspecified atom stereocenters. The fraction of sp³-hybridized carbons (Fsp3) is 0.800. The molecule has 7 heteroatoms. The first kappa shape index (κ1) is 21.4. The summed E-state index contributed by atoms with van der Waals surface area (Å²) in [5.41, 5.74) is 0. The Kier molecular flexibility index (Phi) is 10.4. The lowest BCUT2D eigenvalue weighted by Gasteiger charge is -2.23. The van der Waals surface area contributed by atoms with E-state index in [2.05, 4.69) is 0 Å². The fourth-order valence-corrected chi connectivity index (χ4v) is 0.775. The minimum Gasteiger partial charge on any atom is -0.544 e. The van der Waals surface area contributed by atoms with Crippen LogP contribution in [-0.4, -0.2) is 76.3 Å². The third-order valence-electron chi connectivity index (χ3n) is 1.21. The lowest BCUT2D eigenvalue weighted by atomic mass is 10.5. The predicted octanol–water partition coefficient (Wildman–Crippen LogP) is -2.69. The van der Waals surface area contributed by atoms with Gasteiger partial charge >= 0.3 is 0 Å². The van der Waals surface area contributed by atoms with Crippen LogP contribution in [0, 0.1) is 0 Å². The molecule has 0 saturated carbocycles. The Morgan fingerprint density at radius 1 is 0.765 bits per heavy atom. The molecule has 0 heterocycles. The Bertz CT molecular complexity index is 218. The molecule has 0 atom stereocenters. The minimum atomic E-state index is -1.00. The highest BCUT2D eigenvalue weighted by atomic mass is 35.5. The number of hydrogen-bond acceptors (Lipinski definition) is 4. The molecule has 0 rings (SSSR count). The van der Waals surface area contributed by atoms with E-state index in [1.165, 1.54) is 0 Å². The standard InChI is InChI=1S/2C5H11NO2.ClH/c2*1-6(2,3)4-5(7)8;/h2*4H2,1-3H3;1H. The summed E-state index contributed by atoms with van der Waals surface area (Å²) < 4.78 is 0.838. The van der Waals surface area contributed by atoms with Gasteiger partial charge in [0.1, 0.15) is 13.1 Å². The summed E-state index contributed by atoms with van der Waals surface area (Å²) in [7, 11) is 10.8. The van der Waals surface area contributed by atoms with E-state index < -0.39 is 11.9 Å². The van der Waals surface area contributed by atoms with Crippen LogP contribution in [0.3, 0.4) is 0 Å². The maximum Gasteiger partial charge on any atom is 0.118 e. The highest BCUT2D eigenvalue weighted by molar-refractivity contribution is 5.85. The van der Waals surface area contributed by atoms with Gasteiger partial charge in [-0.15, -0.1) is 12.4 Å². The van der Waals surface area contributed by atoms with Crippen molar-refractivity contribution in [2.75, 3.05) is 55.4 Å². The number of carboxylic acid groups (broad SMARTS) is 2. The van der Waals surface area contributed by atoms with Crippen LogP contribution >= 0.6 is 12.4 Å². The molecule has 0 aromatic rings. The van der Waals surface area contributed by atoms with Crippen LogP contribution in [0.5, 0.6) is 0 Å². The van der Waals surface area contributed by atoms with Crippen molar-refractivity contribution in [2.24, 2.45) is 0 Å². The largest absolute Gasteiger partial charge is 0.544 e. The third kappa shape index (κ3) is 31.3. The van der Waals surface area contributed by atoms with Gasteiger partial charge in [-0.05, 0) is 0 Å². The number of aliphatic carboxylic acids is 2. The Morgan fingerprint density at radius 3 is 0.941 bits per heavy atom. The molecule has 0 N–H and O–H groups in total. The van der Waals surface area contributed by atoms with Crippen LogP contribution in [0.15, 0.2) is 0 Å². The molecule has 0 aliphatic rings. The SMILES string of the molecule is C[N+](C)(C)CC(=O)[O-].C[N+](C)(C)CC(=O)[O-].Cl. The molecule has 0 radical (unpaired) electrons. The summed E-state index contributed by atoms with van der Waals surface area (Å²) in [6.45, 7) is 0.139. The molecule has 6 nitrogen and oxygen atoms in total. The van der Waals surface area contributed by atoms with E-state index in [0.717, 1.165) is 0 Å². The maximum atomic E-state index is 9.89. The monoisotopic (exact) mass is 270 g/mol. The second-order valence-corrected chi connectivity index (χ2v) is 5.64. The second kappa shape index (κ2) is 8.27. The zero-order valence-electron chi connectivity index (χ0n) is 11.3. The van der Waals surface area contributed by atoms with Crippen molar-refractivity contribution < 1.29 is 28.8 Å². The Morgan fingerprint density at radius 2 is 0.941 bits per heavy atom. The molecule has 0 aromatic carbocycles. The van der Waals surface area contributed by atoms with E-state index >= 15 is 0 Å². The average molecular weight is 271 g/mol. The van der Waals surface area contributed by atoms with Crippen molar-refractivity contribution in [1.29, 1.82) is 0 Å². The minimum absolute atomic E-state index is 0. The second-order valence-electron chi connectivity index (χ2n) is 5.64. The van der Waals surface area contributed by atoms with E-state index in [9.17, 15) is 19.8 Å². The first-order valence-corrected chi connectivity index (χ1v) is 4.84. The normalized spacial score (nSPS) is 10.7. The molecule has 104 valence electrons. The highest BCUT2D eigenvalue weighted by Crippen LogP contribution is 1.85. The first-order chi connectivity index (χ1) is 6.83. The molecule has 0 amide bonds. The topological polar surface area (TPSA) is 80.3 Å². The Balaban J connectivity index is -0.000000218. The third-order valence-corrected chi connectivity index (χ3v) is 1.21.